The average molecular weight is 377 g/mol. The summed E-state index contributed by atoms with van der Waals surface area (Å²) in [4.78, 5) is 35.5. The van der Waals surface area contributed by atoms with Gasteiger partial charge in [-0.25, -0.2) is 9.59 Å². The van der Waals surface area contributed by atoms with Gasteiger partial charge in [0.05, 0.1) is 6.04 Å². The van der Waals surface area contributed by atoms with Crippen LogP contribution in [0.1, 0.15) is 57.3 Å². The van der Waals surface area contributed by atoms with Gasteiger partial charge in [0.15, 0.2) is 11.9 Å². The van der Waals surface area contributed by atoms with Crippen molar-refractivity contribution in [2.75, 3.05) is 0 Å². The fourth-order valence-electron chi connectivity index (χ4n) is 2.52. The van der Waals surface area contributed by atoms with Crippen LogP contribution in [-0.2, 0) is 9.53 Å². The molecule has 2 atom stereocenters. The zero-order chi connectivity index (χ0) is 20.2. The fraction of sp³-hybridized carbons (Fsp3) is 0.550. The molecule has 0 aromatic heterocycles. The number of rotatable bonds is 8. The van der Waals surface area contributed by atoms with E-state index in [0.29, 0.717) is 23.7 Å². The van der Waals surface area contributed by atoms with E-state index in [1.165, 1.54) is 0 Å². The predicted octanol–water partition coefficient (Wildman–Crippen LogP) is 3.41. The van der Waals surface area contributed by atoms with Crippen LogP contribution < -0.4 is 10.1 Å². The first-order valence-corrected chi connectivity index (χ1v) is 9.08. The standard InChI is InChI=1S/C20H27NO6/c1-12(21-19(25)27-20(2,3)4)17(22)14-7-9-15(10-8-14)26-16(18(23)24)11-13-5-6-13/h7-10,12-13,16H,5-6,11H2,1-4H3,(H,21,25)(H,23,24). The van der Waals surface area contributed by atoms with Crippen molar-refractivity contribution in [2.45, 2.75) is 64.7 Å². The number of carbonyl (C=O) groups is 3. The molecule has 7 nitrogen and oxygen atoms in total. The molecular weight excluding hydrogens is 350 g/mol. The highest BCUT2D eigenvalue weighted by Crippen LogP contribution is 2.34. The molecule has 1 aliphatic carbocycles. The molecule has 2 unspecified atom stereocenters. The monoisotopic (exact) mass is 377 g/mol. The Morgan fingerprint density at radius 2 is 1.78 bits per heavy atom. The fourth-order valence-corrected chi connectivity index (χ4v) is 2.52. The molecule has 27 heavy (non-hydrogen) atoms. The van der Waals surface area contributed by atoms with Crippen molar-refractivity contribution in [1.29, 1.82) is 0 Å². The van der Waals surface area contributed by atoms with E-state index >= 15 is 0 Å². The number of amides is 1. The number of ketones is 1. The molecule has 1 aliphatic rings. The van der Waals surface area contributed by atoms with Crippen molar-refractivity contribution >= 4 is 17.8 Å². The van der Waals surface area contributed by atoms with Crippen LogP contribution in [0.15, 0.2) is 24.3 Å². The number of carboxylic acids is 1. The highest BCUT2D eigenvalue weighted by molar-refractivity contribution is 6.01. The van der Waals surface area contributed by atoms with Gasteiger partial charge < -0.3 is 19.9 Å². The second kappa shape index (κ2) is 8.41. The summed E-state index contributed by atoms with van der Waals surface area (Å²) < 4.78 is 10.7. The lowest BCUT2D eigenvalue weighted by Crippen LogP contribution is -2.41. The Kier molecular flexibility index (Phi) is 6.46. The van der Waals surface area contributed by atoms with Crippen LogP contribution in [0.3, 0.4) is 0 Å². The first-order valence-electron chi connectivity index (χ1n) is 9.08. The molecule has 7 heteroatoms. The number of Topliss-reactive ketones (excluding diaryl/α,β-unsaturated/α-hetero) is 1. The molecule has 0 spiro atoms. The second-order valence-electron chi connectivity index (χ2n) is 7.88. The number of alkyl carbamates (subject to hydrolysis) is 1. The van der Waals surface area contributed by atoms with Crippen LogP contribution >= 0.6 is 0 Å². The molecule has 148 valence electrons. The smallest absolute Gasteiger partial charge is 0.408 e. The van der Waals surface area contributed by atoms with Crippen LogP contribution in [0.25, 0.3) is 0 Å². The third kappa shape index (κ3) is 6.92. The van der Waals surface area contributed by atoms with E-state index in [2.05, 4.69) is 5.32 Å². The van der Waals surface area contributed by atoms with Gasteiger partial charge in [0.1, 0.15) is 11.4 Å². The van der Waals surface area contributed by atoms with Crippen LogP contribution in [0.5, 0.6) is 5.75 Å². The number of ether oxygens (including phenoxy) is 2. The van der Waals surface area contributed by atoms with Gasteiger partial charge in [-0.1, -0.05) is 12.8 Å². The highest BCUT2D eigenvalue weighted by Gasteiger charge is 2.30. The summed E-state index contributed by atoms with van der Waals surface area (Å²) in [5, 5.41) is 11.8. The number of benzene rings is 1. The van der Waals surface area contributed by atoms with Gasteiger partial charge in [-0.05, 0) is 64.3 Å². The third-order valence-electron chi connectivity index (χ3n) is 4.06. The third-order valence-corrected chi connectivity index (χ3v) is 4.06. The maximum Gasteiger partial charge on any atom is 0.408 e. The molecule has 2 N–H and O–H groups in total. The van der Waals surface area contributed by atoms with Crippen molar-refractivity contribution in [3.05, 3.63) is 29.8 Å². The zero-order valence-corrected chi connectivity index (χ0v) is 16.2. The van der Waals surface area contributed by atoms with E-state index in [9.17, 15) is 19.5 Å². The lowest BCUT2D eigenvalue weighted by molar-refractivity contribution is -0.145. The Hall–Kier alpha value is -2.57. The normalized spacial score (nSPS) is 16.1. The Morgan fingerprint density at radius 3 is 2.26 bits per heavy atom. The minimum absolute atomic E-state index is 0.278. The zero-order valence-electron chi connectivity index (χ0n) is 16.2. The first kappa shape index (κ1) is 20.7. The van der Waals surface area contributed by atoms with Crippen molar-refractivity contribution in [3.8, 4) is 5.75 Å². The second-order valence-corrected chi connectivity index (χ2v) is 7.88. The van der Waals surface area contributed by atoms with Crippen molar-refractivity contribution in [1.82, 2.24) is 5.32 Å². The molecule has 1 amide bonds. The summed E-state index contributed by atoms with van der Waals surface area (Å²) in [6, 6.07) is 5.49. The summed E-state index contributed by atoms with van der Waals surface area (Å²) in [7, 11) is 0. The van der Waals surface area contributed by atoms with Gasteiger partial charge >= 0.3 is 12.1 Å². The average Bonchev–Trinajstić information content (AvgIpc) is 3.36. The summed E-state index contributed by atoms with van der Waals surface area (Å²) in [6.45, 7) is 6.80. The van der Waals surface area contributed by atoms with Gasteiger partial charge in [0, 0.05) is 5.56 Å². The number of hydrogen-bond donors (Lipinski definition) is 2. The van der Waals surface area contributed by atoms with Gasteiger partial charge in [0.2, 0.25) is 0 Å². The minimum Gasteiger partial charge on any atom is -0.479 e. The van der Waals surface area contributed by atoms with Crippen molar-refractivity contribution < 1.29 is 29.0 Å². The maximum absolute atomic E-state index is 12.4. The number of hydrogen-bond acceptors (Lipinski definition) is 5. The van der Waals surface area contributed by atoms with Gasteiger partial charge in [-0.3, -0.25) is 4.79 Å². The van der Waals surface area contributed by atoms with Gasteiger partial charge in [0.25, 0.3) is 0 Å². The first-order chi connectivity index (χ1) is 12.5. The van der Waals surface area contributed by atoms with E-state index in [1.807, 2.05) is 0 Å². The molecule has 0 heterocycles. The molecule has 0 saturated heterocycles. The molecule has 0 bridgehead atoms. The molecular formula is C20H27NO6. The van der Waals surface area contributed by atoms with Gasteiger partial charge in [-0.15, -0.1) is 0 Å². The topological polar surface area (TPSA) is 102 Å². The summed E-state index contributed by atoms with van der Waals surface area (Å²) in [6.07, 6.45) is 1.04. The molecule has 0 radical (unpaired) electrons. The van der Waals surface area contributed by atoms with Crippen LogP contribution in [0.4, 0.5) is 4.79 Å². The minimum atomic E-state index is -0.989. The van der Waals surface area contributed by atoms with Crippen molar-refractivity contribution in [2.24, 2.45) is 5.92 Å². The Morgan fingerprint density at radius 1 is 1.19 bits per heavy atom. The Bertz CT molecular complexity index is 687. The quantitative estimate of drug-likeness (QED) is 0.673. The van der Waals surface area contributed by atoms with Crippen LogP contribution in [0, 0.1) is 5.92 Å². The number of nitrogens with one attached hydrogen (secondary N) is 1. The van der Waals surface area contributed by atoms with E-state index in [-0.39, 0.29) is 5.78 Å². The molecule has 2 rings (SSSR count). The molecule has 0 aliphatic heterocycles. The van der Waals surface area contributed by atoms with E-state index in [0.717, 1.165) is 12.8 Å². The SMILES string of the molecule is CC(NC(=O)OC(C)(C)C)C(=O)c1ccc(OC(CC2CC2)C(=O)O)cc1. The van der Waals surface area contributed by atoms with Crippen LogP contribution in [-0.4, -0.2) is 40.7 Å². The predicted molar refractivity (Wildman–Crippen MR) is 99.0 cm³/mol. The van der Waals surface area contributed by atoms with Crippen molar-refractivity contribution in [3.63, 3.8) is 0 Å². The summed E-state index contributed by atoms with van der Waals surface area (Å²) in [5.74, 6) is -0.448. The molecule has 1 aromatic carbocycles. The largest absolute Gasteiger partial charge is 0.479 e. The summed E-state index contributed by atoms with van der Waals surface area (Å²) >= 11 is 0. The summed E-state index contributed by atoms with van der Waals surface area (Å²) in [5.41, 5.74) is -0.257. The van der Waals surface area contributed by atoms with E-state index in [4.69, 9.17) is 9.47 Å². The number of aliphatic carboxylic acids is 1. The van der Waals surface area contributed by atoms with E-state index < -0.39 is 29.8 Å². The molecule has 1 fully saturated rings. The van der Waals surface area contributed by atoms with Crippen LogP contribution in [0.2, 0.25) is 0 Å². The van der Waals surface area contributed by atoms with Gasteiger partial charge in [-0.2, -0.15) is 0 Å². The lowest BCUT2D eigenvalue weighted by atomic mass is 10.1. The molecule has 1 saturated carbocycles. The Labute approximate surface area is 159 Å². The molecule has 1 aromatic rings. The number of carbonyl (C=O) groups excluding carboxylic acids is 2. The number of carboxylic acid groups (broad SMARTS) is 1. The highest BCUT2D eigenvalue weighted by atomic mass is 16.6. The van der Waals surface area contributed by atoms with E-state index in [1.54, 1.807) is 52.0 Å². The lowest BCUT2D eigenvalue weighted by Gasteiger charge is -2.21. The Balaban J connectivity index is 1.93. The maximum atomic E-state index is 12.4.